The van der Waals surface area contributed by atoms with Gasteiger partial charge in [-0.3, -0.25) is 9.20 Å². The molecule has 154 valence electrons. The number of rotatable bonds is 4. The molecule has 9 heteroatoms. The van der Waals surface area contributed by atoms with Gasteiger partial charge in [0.1, 0.15) is 17.6 Å². The summed E-state index contributed by atoms with van der Waals surface area (Å²) in [5.41, 5.74) is 13.6. The topological polar surface area (TPSA) is 135 Å². The van der Waals surface area contributed by atoms with E-state index in [9.17, 15) is 14.4 Å². The summed E-state index contributed by atoms with van der Waals surface area (Å²) in [6, 6.07) is 15.1. The van der Waals surface area contributed by atoms with Crippen LogP contribution in [-0.2, 0) is 0 Å². The zero-order valence-electron chi connectivity index (χ0n) is 16.5. The predicted molar refractivity (Wildman–Crippen MR) is 117 cm³/mol. The first-order valence-electron chi connectivity index (χ1n) is 9.39. The van der Waals surface area contributed by atoms with Gasteiger partial charge >= 0.3 is 0 Å². The molecule has 3 heterocycles. The van der Waals surface area contributed by atoms with Gasteiger partial charge < -0.3 is 16.8 Å². The zero-order valence-corrected chi connectivity index (χ0v) is 16.5. The average Bonchev–Trinajstić information content (AvgIpc) is 2.76. The SMILES string of the molecule is CC(Nc1nc(N)nc(C#N)c1N)c1cc2ccc(F)cn2c(=O)c1-c1ccccc1. The number of nitrogens with two attached hydrogens (primary N) is 2. The molecule has 31 heavy (non-hydrogen) atoms. The van der Waals surface area contributed by atoms with Crippen molar-refractivity contribution in [2.75, 3.05) is 16.8 Å². The molecule has 0 aliphatic carbocycles. The second-order valence-corrected chi connectivity index (χ2v) is 6.96. The van der Waals surface area contributed by atoms with Gasteiger partial charge in [0.2, 0.25) is 5.95 Å². The summed E-state index contributed by atoms with van der Waals surface area (Å²) in [4.78, 5) is 21.2. The molecule has 1 unspecified atom stereocenters. The van der Waals surface area contributed by atoms with E-state index in [0.717, 1.165) is 6.20 Å². The summed E-state index contributed by atoms with van der Waals surface area (Å²) in [5.74, 6) is -0.423. The van der Waals surface area contributed by atoms with E-state index in [1.807, 2.05) is 43.3 Å². The van der Waals surface area contributed by atoms with Crippen LogP contribution >= 0.6 is 0 Å². The molecule has 0 amide bonds. The van der Waals surface area contributed by atoms with Crippen molar-refractivity contribution in [3.05, 3.63) is 82.2 Å². The molecular formula is C22H18FN7O. The Bertz CT molecular complexity index is 1390. The fourth-order valence-corrected chi connectivity index (χ4v) is 3.46. The Morgan fingerprint density at radius 1 is 1.16 bits per heavy atom. The van der Waals surface area contributed by atoms with Gasteiger partial charge in [-0.1, -0.05) is 30.3 Å². The third-order valence-electron chi connectivity index (χ3n) is 4.92. The molecule has 4 rings (SSSR count). The van der Waals surface area contributed by atoms with Crippen LogP contribution in [0.5, 0.6) is 0 Å². The van der Waals surface area contributed by atoms with Gasteiger partial charge in [0, 0.05) is 11.7 Å². The monoisotopic (exact) mass is 415 g/mol. The Kier molecular flexibility index (Phi) is 4.97. The number of benzene rings is 1. The number of pyridine rings is 2. The van der Waals surface area contributed by atoms with Gasteiger partial charge in [0.05, 0.1) is 11.6 Å². The van der Waals surface area contributed by atoms with Crippen molar-refractivity contribution in [3.63, 3.8) is 0 Å². The minimum Gasteiger partial charge on any atom is -0.393 e. The van der Waals surface area contributed by atoms with Crippen LogP contribution in [-0.4, -0.2) is 14.4 Å². The number of anilines is 3. The van der Waals surface area contributed by atoms with E-state index in [-0.39, 0.29) is 28.7 Å². The summed E-state index contributed by atoms with van der Waals surface area (Å²) in [7, 11) is 0. The minimum atomic E-state index is -0.513. The smallest absolute Gasteiger partial charge is 0.263 e. The van der Waals surface area contributed by atoms with Crippen LogP contribution in [0.4, 0.5) is 21.8 Å². The number of aromatic nitrogens is 3. The summed E-state index contributed by atoms with van der Waals surface area (Å²) < 4.78 is 15.1. The van der Waals surface area contributed by atoms with E-state index in [1.165, 1.54) is 16.5 Å². The molecule has 1 atom stereocenters. The van der Waals surface area contributed by atoms with Gasteiger partial charge in [-0.25, -0.2) is 4.39 Å². The Hall–Kier alpha value is -4.45. The van der Waals surface area contributed by atoms with Gasteiger partial charge in [-0.15, -0.1) is 0 Å². The first kappa shape index (κ1) is 19.8. The van der Waals surface area contributed by atoms with Crippen molar-refractivity contribution < 1.29 is 4.39 Å². The number of nitrogen functional groups attached to an aromatic ring is 2. The van der Waals surface area contributed by atoms with Crippen molar-refractivity contribution in [3.8, 4) is 17.2 Å². The molecule has 8 nitrogen and oxygen atoms in total. The van der Waals surface area contributed by atoms with E-state index < -0.39 is 11.9 Å². The maximum absolute atomic E-state index is 13.8. The van der Waals surface area contributed by atoms with E-state index in [1.54, 1.807) is 6.07 Å². The highest BCUT2D eigenvalue weighted by Gasteiger charge is 2.20. The Balaban J connectivity index is 1.91. The number of nitriles is 1. The number of nitrogens with one attached hydrogen (secondary N) is 1. The maximum Gasteiger partial charge on any atom is 0.263 e. The second-order valence-electron chi connectivity index (χ2n) is 6.96. The molecule has 0 bridgehead atoms. The van der Waals surface area contributed by atoms with Crippen LogP contribution < -0.4 is 22.3 Å². The predicted octanol–water partition coefficient (Wildman–Crippen LogP) is 3.10. The first-order valence-corrected chi connectivity index (χ1v) is 9.39. The molecule has 0 aliphatic rings. The van der Waals surface area contributed by atoms with E-state index in [4.69, 9.17) is 11.5 Å². The number of hydrogen-bond acceptors (Lipinski definition) is 7. The number of fused-ring (bicyclic) bond motifs is 1. The number of halogens is 1. The summed E-state index contributed by atoms with van der Waals surface area (Å²) in [6.07, 6.45) is 1.16. The van der Waals surface area contributed by atoms with Crippen molar-refractivity contribution in [1.29, 1.82) is 5.26 Å². The lowest BCUT2D eigenvalue weighted by Gasteiger charge is -2.20. The highest BCUT2D eigenvalue weighted by atomic mass is 19.1. The van der Waals surface area contributed by atoms with E-state index in [0.29, 0.717) is 22.2 Å². The highest BCUT2D eigenvalue weighted by molar-refractivity contribution is 5.73. The molecule has 0 radical (unpaired) electrons. The normalized spacial score (nSPS) is 11.8. The molecule has 0 saturated carbocycles. The third-order valence-corrected chi connectivity index (χ3v) is 4.92. The van der Waals surface area contributed by atoms with E-state index in [2.05, 4.69) is 15.3 Å². The van der Waals surface area contributed by atoms with Crippen molar-refractivity contribution >= 4 is 23.0 Å². The van der Waals surface area contributed by atoms with Crippen LogP contribution in [0.2, 0.25) is 0 Å². The van der Waals surface area contributed by atoms with Crippen LogP contribution in [0.25, 0.3) is 16.6 Å². The third kappa shape index (κ3) is 3.62. The zero-order chi connectivity index (χ0) is 22.1. The summed E-state index contributed by atoms with van der Waals surface area (Å²) in [6.45, 7) is 1.82. The van der Waals surface area contributed by atoms with Gasteiger partial charge in [-0.05, 0) is 36.2 Å². The quantitative estimate of drug-likeness (QED) is 0.466. The Morgan fingerprint density at radius 2 is 1.90 bits per heavy atom. The van der Waals surface area contributed by atoms with Crippen molar-refractivity contribution in [2.45, 2.75) is 13.0 Å². The summed E-state index contributed by atoms with van der Waals surface area (Å²) in [5, 5.41) is 12.3. The fraction of sp³-hybridized carbons (Fsp3) is 0.0909. The summed E-state index contributed by atoms with van der Waals surface area (Å²) >= 11 is 0. The molecule has 0 aliphatic heterocycles. The highest BCUT2D eigenvalue weighted by Crippen LogP contribution is 2.30. The molecule has 3 aromatic heterocycles. The molecular weight excluding hydrogens is 397 g/mol. The van der Waals surface area contributed by atoms with Gasteiger partial charge in [-0.2, -0.15) is 15.2 Å². The molecule has 1 aromatic carbocycles. The first-order chi connectivity index (χ1) is 14.9. The Labute approximate surface area is 176 Å². The lowest BCUT2D eigenvalue weighted by atomic mass is 9.96. The van der Waals surface area contributed by atoms with Crippen LogP contribution in [0.1, 0.15) is 24.2 Å². The van der Waals surface area contributed by atoms with Crippen LogP contribution in [0, 0.1) is 17.1 Å². The standard InChI is InChI=1S/C22H18FN7O/c1-12(27-20-19(25)17(10-24)28-22(26)29-20)16-9-15-8-7-14(23)11-30(15)21(31)18(16)13-5-3-2-4-6-13/h2-9,11-12H,25H2,1H3,(H3,26,27,28,29). The van der Waals surface area contributed by atoms with Gasteiger partial charge in [0.25, 0.3) is 5.56 Å². The average molecular weight is 415 g/mol. The molecule has 5 N–H and O–H groups in total. The maximum atomic E-state index is 13.8. The Morgan fingerprint density at radius 3 is 2.61 bits per heavy atom. The van der Waals surface area contributed by atoms with Crippen LogP contribution in [0.15, 0.2) is 59.5 Å². The van der Waals surface area contributed by atoms with Crippen molar-refractivity contribution in [2.24, 2.45) is 0 Å². The second kappa shape index (κ2) is 7.76. The lowest BCUT2D eigenvalue weighted by molar-refractivity contribution is 0.618. The largest absolute Gasteiger partial charge is 0.393 e. The van der Waals surface area contributed by atoms with Crippen LogP contribution in [0.3, 0.4) is 0 Å². The lowest BCUT2D eigenvalue weighted by Crippen LogP contribution is -2.21. The minimum absolute atomic E-state index is 0.0421. The van der Waals surface area contributed by atoms with E-state index >= 15 is 0 Å². The molecule has 0 spiro atoms. The fourth-order valence-electron chi connectivity index (χ4n) is 3.46. The molecule has 4 aromatic rings. The van der Waals surface area contributed by atoms with Crippen molar-refractivity contribution in [1.82, 2.24) is 14.4 Å². The molecule has 0 fully saturated rings. The van der Waals surface area contributed by atoms with Gasteiger partial charge in [0.15, 0.2) is 11.5 Å². The number of nitrogens with zero attached hydrogens (tertiary/aromatic N) is 4. The molecule has 0 saturated heterocycles. The number of hydrogen-bond donors (Lipinski definition) is 3.